The molecule has 0 aromatic rings. The van der Waals surface area contributed by atoms with E-state index in [-0.39, 0.29) is 35.7 Å². The van der Waals surface area contributed by atoms with Crippen molar-refractivity contribution in [3.8, 4) is 0 Å². The maximum absolute atomic E-state index is 10.7. The summed E-state index contributed by atoms with van der Waals surface area (Å²) in [6.07, 6.45) is 10.4. The zero-order valence-electron chi connectivity index (χ0n) is 14.0. The van der Waals surface area contributed by atoms with E-state index in [0.717, 1.165) is 38.5 Å². The Hall–Kier alpha value is 0.870. The van der Waals surface area contributed by atoms with Crippen LogP contribution in [0.3, 0.4) is 0 Å². The Kier molecular flexibility index (Phi) is 16.6. The molecule has 0 aliphatic heterocycles. The van der Waals surface area contributed by atoms with Gasteiger partial charge in [-0.05, 0) is 26.2 Å². The largest absolute Gasteiger partial charge is 1.00 e. The second kappa shape index (κ2) is 14.5. The van der Waals surface area contributed by atoms with E-state index < -0.39 is 15.4 Å². The summed E-state index contributed by atoms with van der Waals surface area (Å²) in [5, 5.41) is 9.01. The van der Waals surface area contributed by atoms with Crippen LogP contribution in [0.5, 0.6) is 0 Å². The molecule has 0 amide bonds. The second-order valence-corrected chi connectivity index (χ2v) is 7.59. The van der Waals surface area contributed by atoms with E-state index >= 15 is 0 Å². The number of hydrogen-bond donors (Lipinski definition) is 1. The van der Waals surface area contributed by atoms with Crippen LogP contribution < -0.4 is 29.6 Å². The van der Waals surface area contributed by atoms with E-state index in [1.54, 1.807) is 0 Å². The molecule has 2 atom stereocenters. The van der Waals surface area contributed by atoms with Gasteiger partial charge in [0.1, 0.15) is 0 Å². The van der Waals surface area contributed by atoms with Crippen LogP contribution in [-0.4, -0.2) is 29.4 Å². The van der Waals surface area contributed by atoms with Crippen LogP contribution in [0, 0.1) is 0 Å². The molecular formula is C15H31NaO4S. The van der Waals surface area contributed by atoms with Crippen LogP contribution in [0.4, 0.5) is 0 Å². The third-order valence-electron chi connectivity index (χ3n) is 3.78. The molecule has 4 nitrogen and oxygen atoms in total. The minimum atomic E-state index is -4.13. The molecule has 0 saturated carbocycles. The number of hydrogen-bond acceptors (Lipinski definition) is 4. The fourth-order valence-corrected chi connectivity index (χ4v) is 2.72. The maximum Gasteiger partial charge on any atom is 1.00 e. The molecule has 0 saturated heterocycles. The zero-order chi connectivity index (χ0) is 15.4. The molecule has 0 heterocycles. The Morgan fingerprint density at radius 3 is 1.81 bits per heavy atom. The molecule has 0 aliphatic carbocycles. The van der Waals surface area contributed by atoms with Crippen LogP contribution in [0.25, 0.3) is 0 Å². The van der Waals surface area contributed by atoms with Crippen molar-refractivity contribution in [1.82, 2.24) is 0 Å². The van der Waals surface area contributed by atoms with Gasteiger partial charge in [-0.3, -0.25) is 0 Å². The third kappa shape index (κ3) is 15.5. The third-order valence-corrected chi connectivity index (χ3v) is 5.00. The monoisotopic (exact) mass is 330 g/mol. The van der Waals surface area contributed by atoms with E-state index in [1.807, 2.05) is 0 Å². The first-order valence-corrected chi connectivity index (χ1v) is 9.47. The Morgan fingerprint density at radius 2 is 1.33 bits per heavy atom. The first kappa shape index (κ1) is 24.1. The number of aliphatic hydroxyl groups excluding tert-OH is 1. The van der Waals surface area contributed by atoms with E-state index in [9.17, 15) is 18.1 Å². The van der Waals surface area contributed by atoms with Gasteiger partial charge in [0.15, 0.2) is 0 Å². The molecule has 2 unspecified atom stereocenters. The quantitative estimate of drug-likeness (QED) is 0.305. The van der Waals surface area contributed by atoms with Crippen molar-refractivity contribution in [2.24, 2.45) is 0 Å². The summed E-state index contributed by atoms with van der Waals surface area (Å²) in [6, 6.07) is 0. The molecule has 0 aliphatic rings. The number of rotatable bonds is 13. The molecule has 0 radical (unpaired) electrons. The summed E-state index contributed by atoms with van der Waals surface area (Å²) < 4.78 is 32.1. The van der Waals surface area contributed by atoms with E-state index in [0.29, 0.717) is 6.42 Å². The first-order chi connectivity index (χ1) is 9.38. The van der Waals surface area contributed by atoms with Crippen molar-refractivity contribution in [1.29, 1.82) is 0 Å². The van der Waals surface area contributed by atoms with Crippen molar-refractivity contribution in [3.63, 3.8) is 0 Å². The molecule has 1 N–H and O–H groups in total. The van der Waals surface area contributed by atoms with Gasteiger partial charge in [0.05, 0.1) is 16.2 Å². The minimum Gasteiger partial charge on any atom is -0.748 e. The summed E-state index contributed by atoms with van der Waals surface area (Å²) in [5.41, 5.74) is 0. The van der Waals surface area contributed by atoms with Crippen LogP contribution in [0.1, 0.15) is 84.5 Å². The Labute approximate surface area is 153 Å². The van der Waals surface area contributed by atoms with E-state index in [1.165, 1.54) is 32.6 Å². The second-order valence-electron chi connectivity index (χ2n) is 5.80. The molecular weight excluding hydrogens is 299 g/mol. The maximum atomic E-state index is 10.7. The summed E-state index contributed by atoms with van der Waals surface area (Å²) in [6.45, 7) is 3.65. The average molecular weight is 330 g/mol. The van der Waals surface area contributed by atoms with Crippen molar-refractivity contribution >= 4 is 10.1 Å². The van der Waals surface area contributed by atoms with Crippen molar-refractivity contribution < 1.29 is 47.6 Å². The Balaban J connectivity index is 0. The van der Waals surface area contributed by atoms with Gasteiger partial charge in [0.25, 0.3) is 0 Å². The van der Waals surface area contributed by atoms with Crippen LogP contribution in [0.15, 0.2) is 0 Å². The fourth-order valence-electron chi connectivity index (χ4n) is 2.26. The van der Waals surface area contributed by atoms with Gasteiger partial charge in [0.2, 0.25) is 0 Å². The molecule has 0 bridgehead atoms. The average Bonchev–Trinajstić information content (AvgIpc) is 2.36. The van der Waals surface area contributed by atoms with Gasteiger partial charge in [-0.1, -0.05) is 58.3 Å². The van der Waals surface area contributed by atoms with Gasteiger partial charge in [0, 0.05) is 5.25 Å². The molecule has 0 aromatic carbocycles. The standard InChI is InChI=1S/C15H32O4S.Na/c1-3-4-5-6-9-12-15(16)13-10-7-8-11-14(2)20(17,18)19;/h14-16H,3-13H2,1-2H3,(H,17,18,19);/q;+1/p-1. The molecule has 0 spiro atoms. The summed E-state index contributed by atoms with van der Waals surface area (Å²) >= 11 is 0. The van der Waals surface area contributed by atoms with Crippen molar-refractivity contribution in [2.75, 3.05) is 0 Å². The van der Waals surface area contributed by atoms with Gasteiger partial charge in [-0.2, -0.15) is 0 Å². The molecule has 122 valence electrons. The molecule has 6 heteroatoms. The van der Waals surface area contributed by atoms with Crippen LogP contribution >= 0.6 is 0 Å². The predicted molar refractivity (Wildman–Crippen MR) is 81.6 cm³/mol. The molecule has 0 aromatic heterocycles. The van der Waals surface area contributed by atoms with Gasteiger partial charge < -0.3 is 9.66 Å². The van der Waals surface area contributed by atoms with Gasteiger partial charge >= 0.3 is 29.6 Å². The molecule has 21 heavy (non-hydrogen) atoms. The van der Waals surface area contributed by atoms with E-state index in [2.05, 4.69) is 6.92 Å². The summed E-state index contributed by atoms with van der Waals surface area (Å²) in [5.74, 6) is 0. The van der Waals surface area contributed by atoms with Crippen molar-refractivity contribution in [3.05, 3.63) is 0 Å². The summed E-state index contributed by atoms with van der Waals surface area (Å²) in [4.78, 5) is 0. The first-order valence-electron chi connectivity index (χ1n) is 8.00. The predicted octanol–water partition coefficient (Wildman–Crippen LogP) is 0.596. The number of aliphatic hydroxyl groups is 1. The van der Waals surface area contributed by atoms with Crippen LogP contribution in [0.2, 0.25) is 0 Å². The number of unbranched alkanes of at least 4 members (excludes halogenated alkanes) is 6. The van der Waals surface area contributed by atoms with Crippen molar-refractivity contribution in [2.45, 2.75) is 95.8 Å². The van der Waals surface area contributed by atoms with Gasteiger partial charge in [-0.15, -0.1) is 0 Å². The van der Waals surface area contributed by atoms with E-state index in [4.69, 9.17) is 0 Å². The summed E-state index contributed by atoms with van der Waals surface area (Å²) in [7, 11) is -4.13. The molecule has 0 rings (SSSR count). The van der Waals surface area contributed by atoms with Gasteiger partial charge in [-0.25, -0.2) is 8.42 Å². The fraction of sp³-hybridized carbons (Fsp3) is 1.00. The van der Waals surface area contributed by atoms with Crippen LogP contribution in [-0.2, 0) is 10.1 Å². The SMILES string of the molecule is CCCCCCCC(O)CCCCCC(C)S(=O)(=O)[O-].[Na+]. The Morgan fingerprint density at radius 1 is 0.905 bits per heavy atom. The normalized spacial score (nSPS) is 14.5. The Bertz CT molecular complexity index is 320. The zero-order valence-corrected chi connectivity index (χ0v) is 16.8. The smallest absolute Gasteiger partial charge is 0.748 e. The minimum absolute atomic E-state index is 0. The topological polar surface area (TPSA) is 77.4 Å². The molecule has 0 fully saturated rings.